The summed E-state index contributed by atoms with van der Waals surface area (Å²) in [5.41, 5.74) is 0. The molecule has 11 heavy (non-hydrogen) atoms. The molecule has 0 amide bonds. The summed E-state index contributed by atoms with van der Waals surface area (Å²) in [4.78, 5) is 11.0. The maximum Gasteiger partial charge on any atom is 0.314 e. The summed E-state index contributed by atoms with van der Waals surface area (Å²) in [7, 11) is 0. The summed E-state index contributed by atoms with van der Waals surface area (Å²) in [5, 5.41) is 0. The second-order valence-corrected chi connectivity index (χ2v) is 3.54. The number of esters is 1. The average Bonchev–Trinajstić information content (AvgIpc) is 2.02. The van der Waals surface area contributed by atoms with Gasteiger partial charge in [-0.1, -0.05) is 12.2 Å². The summed E-state index contributed by atoms with van der Waals surface area (Å²) in [5.74, 6) is -0.494. The second kappa shape index (κ2) is 5.55. The van der Waals surface area contributed by atoms with Gasteiger partial charge in [0, 0.05) is 0 Å². The van der Waals surface area contributed by atoms with Gasteiger partial charge in [-0.05, 0) is 20.1 Å². The number of hydrogen-bond donors (Lipinski definition) is 0. The first-order chi connectivity index (χ1) is 5.13. The van der Waals surface area contributed by atoms with E-state index in [0.717, 1.165) is 0 Å². The van der Waals surface area contributed by atoms with Crippen LogP contribution in [0.2, 0.25) is 0 Å². The predicted octanol–water partition coefficient (Wildman–Crippen LogP) is 1.88. The molecular formula is C7H12O2S2. The van der Waals surface area contributed by atoms with E-state index >= 15 is 0 Å². The van der Waals surface area contributed by atoms with Crippen LogP contribution in [0.1, 0.15) is 13.8 Å². The molecule has 0 saturated carbocycles. The molecule has 0 aromatic carbocycles. The van der Waals surface area contributed by atoms with Gasteiger partial charge in [0.1, 0.15) is 0 Å². The Bertz CT molecular complexity index is 157. The van der Waals surface area contributed by atoms with Gasteiger partial charge >= 0.3 is 5.97 Å². The second-order valence-electron chi connectivity index (χ2n) is 2.00. The molecule has 0 bridgehead atoms. The van der Waals surface area contributed by atoms with Gasteiger partial charge in [0.05, 0.1) is 16.7 Å². The van der Waals surface area contributed by atoms with Crippen LogP contribution < -0.4 is 0 Å². The molecule has 0 heterocycles. The molecule has 4 heteroatoms. The van der Waals surface area contributed by atoms with Crippen LogP contribution in [0.3, 0.4) is 0 Å². The average molecular weight is 192 g/mol. The van der Waals surface area contributed by atoms with Crippen LogP contribution in [0, 0.1) is 5.92 Å². The maximum atomic E-state index is 11.0. The molecule has 0 rings (SSSR count). The molecule has 2 nitrogen and oxygen atoms in total. The van der Waals surface area contributed by atoms with E-state index in [0.29, 0.717) is 10.8 Å². The highest BCUT2D eigenvalue weighted by atomic mass is 32.2. The molecule has 0 radical (unpaired) electrons. The number of carbonyl (C=O) groups excluding carboxylic acids is 1. The SMILES string of the molecule is CCOC(=O)C(C)C(=S)SC. The Hall–Kier alpha value is -0.0900. The van der Waals surface area contributed by atoms with Crippen molar-refractivity contribution in [2.45, 2.75) is 13.8 Å². The minimum atomic E-state index is -0.264. The van der Waals surface area contributed by atoms with Gasteiger partial charge in [-0.3, -0.25) is 4.79 Å². The van der Waals surface area contributed by atoms with E-state index in [1.165, 1.54) is 11.8 Å². The molecule has 0 spiro atoms. The third-order valence-electron chi connectivity index (χ3n) is 1.19. The van der Waals surface area contributed by atoms with Crippen molar-refractivity contribution < 1.29 is 9.53 Å². The molecule has 64 valence electrons. The zero-order chi connectivity index (χ0) is 8.85. The minimum absolute atomic E-state index is 0.230. The quantitative estimate of drug-likeness (QED) is 0.504. The number of hydrogen-bond acceptors (Lipinski definition) is 4. The lowest BCUT2D eigenvalue weighted by Crippen LogP contribution is -2.19. The molecule has 0 saturated heterocycles. The summed E-state index contributed by atoms with van der Waals surface area (Å²) >= 11 is 6.35. The zero-order valence-corrected chi connectivity index (χ0v) is 8.55. The molecule has 0 aromatic rings. The Morgan fingerprint density at radius 3 is 2.64 bits per heavy atom. The van der Waals surface area contributed by atoms with Crippen LogP contribution in [0.4, 0.5) is 0 Å². The highest BCUT2D eigenvalue weighted by Gasteiger charge is 2.17. The Balaban J connectivity index is 3.91. The predicted molar refractivity (Wildman–Crippen MR) is 51.9 cm³/mol. The molecule has 0 fully saturated rings. The Labute approximate surface area is 76.7 Å². The summed E-state index contributed by atoms with van der Waals surface area (Å²) < 4.78 is 5.47. The molecular weight excluding hydrogens is 180 g/mol. The third-order valence-corrected chi connectivity index (χ3v) is 2.80. The molecule has 1 unspecified atom stereocenters. The maximum absolute atomic E-state index is 11.0. The first kappa shape index (κ1) is 10.9. The van der Waals surface area contributed by atoms with Crippen molar-refractivity contribution in [1.82, 2.24) is 0 Å². The van der Waals surface area contributed by atoms with E-state index in [9.17, 15) is 4.79 Å². The molecule has 0 aliphatic carbocycles. The lowest BCUT2D eigenvalue weighted by molar-refractivity contribution is -0.144. The summed E-state index contributed by atoms with van der Waals surface area (Å²) in [6.07, 6.45) is 1.86. The van der Waals surface area contributed by atoms with E-state index in [1.54, 1.807) is 13.8 Å². The van der Waals surface area contributed by atoms with Gasteiger partial charge in [-0.25, -0.2) is 0 Å². The van der Waals surface area contributed by atoms with Gasteiger partial charge in [-0.2, -0.15) is 0 Å². The van der Waals surface area contributed by atoms with Crippen LogP contribution in [0.15, 0.2) is 0 Å². The zero-order valence-electron chi connectivity index (χ0n) is 6.92. The van der Waals surface area contributed by atoms with Crippen LogP contribution in [0.25, 0.3) is 0 Å². The molecule has 0 aliphatic heterocycles. The highest BCUT2D eigenvalue weighted by molar-refractivity contribution is 8.22. The fourth-order valence-electron chi connectivity index (χ4n) is 0.540. The normalized spacial score (nSPS) is 12.3. The smallest absolute Gasteiger partial charge is 0.314 e. The van der Waals surface area contributed by atoms with E-state index in [1.807, 2.05) is 6.26 Å². The topological polar surface area (TPSA) is 26.3 Å². The third kappa shape index (κ3) is 3.72. The van der Waals surface area contributed by atoms with Crippen LogP contribution in [-0.4, -0.2) is 23.0 Å². The highest BCUT2D eigenvalue weighted by Crippen LogP contribution is 2.11. The molecule has 1 atom stereocenters. The number of rotatable bonds is 3. The monoisotopic (exact) mass is 192 g/mol. The first-order valence-corrected chi connectivity index (χ1v) is 5.01. The van der Waals surface area contributed by atoms with Crippen molar-refractivity contribution in [3.05, 3.63) is 0 Å². The first-order valence-electron chi connectivity index (χ1n) is 3.38. The van der Waals surface area contributed by atoms with Gasteiger partial charge in [-0.15, -0.1) is 11.8 Å². The van der Waals surface area contributed by atoms with Gasteiger partial charge in [0.15, 0.2) is 0 Å². The van der Waals surface area contributed by atoms with Crippen molar-refractivity contribution in [3.63, 3.8) is 0 Å². The summed E-state index contributed by atoms with van der Waals surface area (Å²) in [6.45, 7) is 3.96. The Morgan fingerprint density at radius 2 is 2.27 bits per heavy atom. The van der Waals surface area contributed by atoms with Crippen molar-refractivity contribution in [2.24, 2.45) is 5.92 Å². The van der Waals surface area contributed by atoms with Crippen molar-refractivity contribution >= 4 is 34.1 Å². The van der Waals surface area contributed by atoms with Crippen LogP contribution in [0.5, 0.6) is 0 Å². The fraction of sp³-hybridized carbons (Fsp3) is 0.714. The van der Waals surface area contributed by atoms with Crippen molar-refractivity contribution in [1.29, 1.82) is 0 Å². The minimum Gasteiger partial charge on any atom is -0.465 e. The number of carbonyl (C=O) groups is 1. The molecule has 0 aliphatic rings. The number of thiocarbonyl (C=S) groups is 1. The summed E-state index contributed by atoms with van der Waals surface area (Å²) in [6, 6.07) is 0. The van der Waals surface area contributed by atoms with E-state index < -0.39 is 0 Å². The van der Waals surface area contributed by atoms with E-state index in [-0.39, 0.29) is 11.9 Å². The van der Waals surface area contributed by atoms with Crippen molar-refractivity contribution in [2.75, 3.05) is 12.9 Å². The number of thioether (sulfide) groups is 1. The Morgan fingerprint density at radius 1 is 1.73 bits per heavy atom. The van der Waals surface area contributed by atoms with E-state index in [4.69, 9.17) is 17.0 Å². The van der Waals surface area contributed by atoms with Crippen molar-refractivity contribution in [3.8, 4) is 0 Å². The van der Waals surface area contributed by atoms with Crippen LogP contribution >= 0.6 is 24.0 Å². The number of ether oxygens (including phenoxy) is 1. The standard InChI is InChI=1S/C7H12O2S2/c1-4-9-6(8)5(2)7(10)11-3/h5H,4H2,1-3H3. The lowest BCUT2D eigenvalue weighted by Gasteiger charge is -2.08. The van der Waals surface area contributed by atoms with Gasteiger partial charge in [0.25, 0.3) is 0 Å². The van der Waals surface area contributed by atoms with Crippen LogP contribution in [-0.2, 0) is 9.53 Å². The largest absolute Gasteiger partial charge is 0.465 e. The fourth-order valence-corrected chi connectivity index (χ4v) is 1.09. The Kier molecular flexibility index (Phi) is 5.50. The molecule has 0 aromatic heterocycles. The van der Waals surface area contributed by atoms with Gasteiger partial charge in [0.2, 0.25) is 0 Å². The molecule has 0 N–H and O–H groups in total. The van der Waals surface area contributed by atoms with E-state index in [2.05, 4.69) is 0 Å². The van der Waals surface area contributed by atoms with Gasteiger partial charge < -0.3 is 4.74 Å². The lowest BCUT2D eigenvalue weighted by atomic mass is 10.2.